The van der Waals surface area contributed by atoms with E-state index in [4.69, 9.17) is 5.73 Å². The van der Waals surface area contributed by atoms with Gasteiger partial charge in [0.1, 0.15) is 5.82 Å². The standard InChI is InChI=1S/C9H8N6/c10-9-6-4-13-15-8(6)5(3-11-9)7-1-2-12-14-7/h1-4H,(H2,10,11)(H,12,14)(H,13,15). The summed E-state index contributed by atoms with van der Waals surface area (Å²) in [4.78, 5) is 4.11. The highest BCUT2D eigenvalue weighted by Crippen LogP contribution is 2.26. The molecule has 3 aromatic heterocycles. The highest BCUT2D eigenvalue weighted by Gasteiger charge is 2.09. The fourth-order valence-electron chi connectivity index (χ4n) is 1.56. The number of anilines is 1. The Hall–Kier alpha value is -2.37. The number of rotatable bonds is 1. The van der Waals surface area contributed by atoms with Crippen LogP contribution in [0.2, 0.25) is 0 Å². The minimum absolute atomic E-state index is 0.474. The summed E-state index contributed by atoms with van der Waals surface area (Å²) in [5.41, 5.74) is 8.39. The summed E-state index contributed by atoms with van der Waals surface area (Å²) >= 11 is 0. The van der Waals surface area contributed by atoms with Gasteiger partial charge < -0.3 is 5.73 Å². The largest absolute Gasteiger partial charge is 0.383 e. The third-order valence-corrected chi connectivity index (χ3v) is 2.31. The number of hydrogen-bond donors (Lipinski definition) is 3. The summed E-state index contributed by atoms with van der Waals surface area (Å²) in [6.45, 7) is 0. The second-order valence-corrected chi connectivity index (χ2v) is 3.19. The zero-order valence-corrected chi connectivity index (χ0v) is 7.73. The number of pyridine rings is 1. The van der Waals surface area contributed by atoms with Gasteiger partial charge in [-0.1, -0.05) is 0 Å². The van der Waals surface area contributed by atoms with Crippen LogP contribution in [0.25, 0.3) is 22.2 Å². The van der Waals surface area contributed by atoms with Crippen LogP contribution >= 0.6 is 0 Å². The van der Waals surface area contributed by atoms with Gasteiger partial charge >= 0.3 is 0 Å². The smallest absolute Gasteiger partial charge is 0.134 e. The van der Waals surface area contributed by atoms with E-state index in [2.05, 4.69) is 25.4 Å². The number of nitrogens with two attached hydrogens (primary N) is 1. The molecule has 0 aliphatic heterocycles. The van der Waals surface area contributed by atoms with E-state index in [1.807, 2.05) is 6.07 Å². The van der Waals surface area contributed by atoms with Crippen molar-refractivity contribution in [3.05, 3.63) is 24.7 Å². The minimum Gasteiger partial charge on any atom is -0.383 e. The van der Waals surface area contributed by atoms with Gasteiger partial charge in [-0.3, -0.25) is 10.2 Å². The molecule has 0 fully saturated rings. The lowest BCUT2D eigenvalue weighted by atomic mass is 10.1. The maximum atomic E-state index is 5.73. The Bertz CT molecular complexity index is 594. The Morgan fingerprint density at radius 1 is 1.13 bits per heavy atom. The first-order valence-electron chi connectivity index (χ1n) is 4.43. The van der Waals surface area contributed by atoms with Crippen molar-refractivity contribution in [1.29, 1.82) is 0 Å². The lowest BCUT2D eigenvalue weighted by Crippen LogP contribution is -1.92. The van der Waals surface area contributed by atoms with Crippen LogP contribution in [-0.4, -0.2) is 25.4 Å². The monoisotopic (exact) mass is 200 g/mol. The average molecular weight is 200 g/mol. The van der Waals surface area contributed by atoms with E-state index in [1.165, 1.54) is 0 Å². The molecule has 6 heteroatoms. The normalized spacial score (nSPS) is 10.9. The van der Waals surface area contributed by atoms with Gasteiger partial charge in [0, 0.05) is 18.0 Å². The molecule has 0 saturated heterocycles. The first kappa shape index (κ1) is 7.98. The second kappa shape index (κ2) is 2.81. The molecule has 0 saturated carbocycles. The number of fused-ring (bicyclic) bond motifs is 1. The fraction of sp³-hybridized carbons (Fsp3) is 0. The Kier molecular flexibility index (Phi) is 1.49. The molecule has 3 heterocycles. The van der Waals surface area contributed by atoms with Crippen molar-refractivity contribution in [2.45, 2.75) is 0 Å². The van der Waals surface area contributed by atoms with Gasteiger partial charge in [0.05, 0.1) is 22.8 Å². The molecule has 0 aliphatic rings. The molecule has 0 atom stereocenters. The first-order valence-corrected chi connectivity index (χ1v) is 4.43. The summed E-state index contributed by atoms with van der Waals surface area (Å²) in [5.74, 6) is 0.474. The molecular formula is C9H8N6. The molecule has 4 N–H and O–H groups in total. The predicted octanol–water partition coefficient (Wildman–Crippen LogP) is 0.930. The lowest BCUT2D eigenvalue weighted by Gasteiger charge is -2.00. The molecule has 0 aromatic carbocycles. The Labute approximate surface area is 84.5 Å². The summed E-state index contributed by atoms with van der Waals surface area (Å²) < 4.78 is 0. The fourth-order valence-corrected chi connectivity index (χ4v) is 1.56. The van der Waals surface area contributed by atoms with E-state index in [-0.39, 0.29) is 0 Å². The van der Waals surface area contributed by atoms with Crippen LogP contribution in [0.15, 0.2) is 24.7 Å². The van der Waals surface area contributed by atoms with Gasteiger partial charge in [-0.15, -0.1) is 0 Å². The molecule has 0 radical (unpaired) electrons. The average Bonchev–Trinajstić information content (AvgIpc) is 2.88. The number of nitrogen functional groups attached to an aromatic ring is 1. The SMILES string of the molecule is Nc1ncc(-c2ccn[nH]2)c2[nH]ncc12. The van der Waals surface area contributed by atoms with E-state index in [9.17, 15) is 0 Å². The number of nitrogens with zero attached hydrogens (tertiary/aromatic N) is 3. The van der Waals surface area contributed by atoms with Crippen molar-refractivity contribution < 1.29 is 0 Å². The van der Waals surface area contributed by atoms with Crippen molar-refractivity contribution in [3.63, 3.8) is 0 Å². The van der Waals surface area contributed by atoms with Crippen LogP contribution in [0.4, 0.5) is 5.82 Å². The van der Waals surface area contributed by atoms with E-state index in [1.54, 1.807) is 18.6 Å². The molecule has 6 nitrogen and oxygen atoms in total. The molecule has 0 amide bonds. The zero-order chi connectivity index (χ0) is 10.3. The number of hydrogen-bond acceptors (Lipinski definition) is 4. The van der Waals surface area contributed by atoms with Crippen molar-refractivity contribution in [2.75, 3.05) is 5.73 Å². The van der Waals surface area contributed by atoms with E-state index < -0.39 is 0 Å². The van der Waals surface area contributed by atoms with Gasteiger partial charge in [-0.25, -0.2) is 4.98 Å². The summed E-state index contributed by atoms with van der Waals surface area (Å²) in [7, 11) is 0. The number of H-pyrrole nitrogens is 2. The number of aromatic amines is 2. The van der Waals surface area contributed by atoms with Gasteiger partial charge in [-0.2, -0.15) is 10.2 Å². The quantitative estimate of drug-likeness (QED) is 0.544. The van der Waals surface area contributed by atoms with E-state index in [0.717, 1.165) is 22.2 Å². The van der Waals surface area contributed by atoms with Crippen molar-refractivity contribution in [2.24, 2.45) is 0 Å². The van der Waals surface area contributed by atoms with Crippen molar-refractivity contribution in [1.82, 2.24) is 25.4 Å². The van der Waals surface area contributed by atoms with Crippen molar-refractivity contribution >= 4 is 16.7 Å². The summed E-state index contributed by atoms with van der Waals surface area (Å²) in [6, 6.07) is 1.87. The molecule has 0 bridgehead atoms. The lowest BCUT2D eigenvalue weighted by molar-refractivity contribution is 1.09. The Balaban J connectivity index is 2.37. The van der Waals surface area contributed by atoms with Crippen LogP contribution in [0.5, 0.6) is 0 Å². The summed E-state index contributed by atoms with van der Waals surface area (Å²) in [6.07, 6.45) is 5.05. The van der Waals surface area contributed by atoms with E-state index >= 15 is 0 Å². The van der Waals surface area contributed by atoms with Gasteiger partial charge in [0.15, 0.2) is 0 Å². The van der Waals surface area contributed by atoms with E-state index in [0.29, 0.717) is 5.82 Å². The maximum absolute atomic E-state index is 5.73. The Morgan fingerprint density at radius 3 is 2.87 bits per heavy atom. The van der Waals surface area contributed by atoms with Gasteiger partial charge in [0.2, 0.25) is 0 Å². The molecule has 3 aromatic rings. The van der Waals surface area contributed by atoms with Gasteiger partial charge in [-0.05, 0) is 6.07 Å². The molecule has 3 rings (SSSR count). The topological polar surface area (TPSA) is 96.3 Å². The molecular weight excluding hydrogens is 192 g/mol. The molecule has 15 heavy (non-hydrogen) atoms. The molecule has 0 aliphatic carbocycles. The van der Waals surface area contributed by atoms with Crippen molar-refractivity contribution in [3.8, 4) is 11.3 Å². The van der Waals surface area contributed by atoms with Crippen LogP contribution in [0.1, 0.15) is 0 Å². The van der Waals surface area contributed by atoms with Crippen LogP contribution in [0.3, 0.4) is 0 Å². The molecule has 74 valence electrons. The number of nitrogens with one attached hydrogen (secondary N) is 2. The molecule has 0 spiro atoms. The maximum Gasteiger partial charge on any atom is 0.134 e. The van der Waals surface area contributed by atoms with Crippen LogP contribution in [-0.2, 0) is 0 Å². The predicted molar refractivity (Wildman–Crippen MR) is 55.9 cm³/mol. The minimum atomic E-state index is 0.474. The second-order valence-electron chi connectivity index (χ2n) is 3.19. The van der Waals surface area contributed by atoms with Crippen LogP contribution in [0, 0.1) is 0 Å². The highest BCUT2D eigenvalue weighted by atomic mass is 15.1. The van der Waals surface area contributed by atoms with Crippen LogP contribution < -0.4 is 5.73 Å². The zero-order valence-electron chi connectivity index (χ0n) is 7.73. The molecule has 0 unspecified atom stereocenters. The highest BCUT2D eigenvalue weighted by molar-refractivity contribution is 5.97. The number of aromatic nitrogens is 5. The van der Waals surface area contributed by atoms with Gasteiger partial charge in [0.25, 0.3) is 0 Å². The third kappa shape index (κ3) is 1.08. The first-order chi connectivity index (χ1) is 7.36. The summed E-state index contributed by atoms with van der Waals surface area (Å²) in [5, 5.41) is 14.4. The third-order valence-electron chi connectivity index (χ3n) is 2.31. The Morgan fingerprint density at radius 2 is 2.07 bits per heavy atom.